The molecule has 0 unspecified atom stereocenters. The molecular formula is C38H67N2+. The van der Waals surface area contributed by atoms with E-state index in [1.165, 1.54) is 172 Å². The van der Waals surface area contributed by atoms with E-state index in [0.717, 1.165) is 6.54 Å². The summed E-state index contributed by atoms with van der Waals surface area (Å²) >= 11 is 0. The van der Waals surface area contributed by atoms with Crippen molar-refractivity contribution in [2.75, 3.05) is 0 Å². The summed E-state index contributed by atoms with van der Waals surface area (Å²) in [6.07, 6.45) is 39.9. The van der Waals surface area contributed by atoms with Crippen molar-refractivity contribution >= 4 is 0 Å². The largest absolute Gasteiger partial charge is 0.257 e. The van der Waals surface area contributed by atoms with Gasteiger partial charge >= 0.3 is 0 Å². The van der Waals surface area contributed by atoms with Gasteiger partial charge < -0.3 is 0 Å². The second-order valence-corrected chi connectivity index (χ2v) is 12.7. The summed E-state index contributed by atoms with van der Waals surface area (Å²) in [6.45, 7) is 5.59. The molecule has 0 amide bonds. The average molecular weight is 552 g/mol. The van der Waals surface area contributed by atoms with Crippen molar-refractivity contribution in [2.24, 2.45) is 0 Å². The number of rotatable bonds is 28. The van der Waals surface area contributed by atoms with Crippen LogP contribution >= 0.6 is 0 Å². The van der Waals surface area contributed by atoms with Gasteiger partial charge in [0, 0.05) is 0 Å². The number of imidazole rings is 1. The van der Waals surface area contributed by atoms with Crippen LogP contribution in [0.3, 0.4) is 0 Å². The standard InChI is InChI=1S/C38H66N2/c1-3-5-7-9-11-13-15-16-17-19-21-23-28-32-37(31-27-22-20-18-14-12-10-8-6-4-2)38-39-33-34-40(38)35-36-29-25-24-26-30-36/h24-26,29-30,33-34,37H,3-23,27-28,31-32,35H2,1-2H3/p+1/t37-/m0/s1. The summed E-state index contributed by atoms with van der Waals surface area (Å²) in [5, 5.41) is 0. The molecule has 2 aromatic rings. The summed E-state index contributed by atoms with van der Waals surface area (Å²) in [6, 6.07) is 11.0. The topological polar surface area (TPSA) is 19.7 Å². The van der Waals surface area contributed by atoms with Gasteiger partial charge in [-0.15, -0.1) is 0 Å². The van der Waals surface area contributed by atoms with E-state index >= 15 is 0 Å². The van der Waals surface area contributed by atoms with E-state index in [0.29, 0.717) is 5.92 Å². The van der Waals surface area contributed by atoms with Gasteiger partial charge in [-0.2, -0.15) is 0 Å². The zero-order valence-electron chi connectivity index (χ0n) is 27.0. The van der Waals surface area contributed by atoms with Crippen molar-refractivity contribution < 1.29 is 4.57 Å². The summed E-state index contributed by atoms with van der Waals surface area (Å²) in [5.74, 6) is 2.12. The first kappa shape index (κ1) is 34.6. The van der Waals surface area contributed by atoms with Crippen LogP contribution in [0.15, 0.2) is 42.7 Å². The van der Waals surface area contributed by atoms with E-state index in [9.17, 15) is 0 Å². The lowest BCUT2D eigenvalue weighted by Crippen LogP contribution is -2.38. The molecule has 228 valence electrons. The second kappa shape index (κ2) is 25.2. The van der Waals surface area contributed by atoms with Gasteiger partial charge in [-0.05, 0) is 18.4 Å². The number of aromatic amines is 1. The zero-order valence-corrected chi connectivity index (χ0v) is 27.0. The highest BCUT2D eigenvalue weighted by Crippen LogP contribution is 2.26. The highest BCUT2D eigenvalue weighted by Gasteiger charge is 2.22. The Bertz CT molecular complexity index is 780. The number of benzene rings is 1. The maximum Gasteiger partial charge on any atom is 0.257 e. The van der Waals surface area contributed by atoms with E-state index in [4.69, 9.17) is 0 Å². The Morgan fingerprint density at radius 3 is 1.35 bits per heavy atom. The Balaban J connectivity index is 1.67. The molecular weight excluding hydrogens is 484 g/mol. The van der Waals surface area contributed by atoms with Crippen molar-refractivity contribution in [3.63, 3.8) is 0 Å². The van der Waals surface area contributed by atoms with Crippen molar-refractivity contribution in [2.45, 2.75) is 187 Å². The number of nitrogens with one attached hydrogen (secondary N) is 1. The molecule has 0 aliphatic heterocycles. The molecule has 0 bridgehead atoms. The normalized spacial score (nSPS) is 12.2. The number of hydrogen-bond acceptors (Lipinski definition) is 0. The minimum Gasteiger partial charge on any atom is -0.247 e. The lowest BCUT2D eigenvalue weighted by atomic mass is 9.93. The van der Waals surface area contributed by atoms with E-state index < -0.39 is 0 Å². The van der Waals surface area contributed by atoms with Gasteiger partial charge in [0.15, 0.2) is 0 Å². The van der Waals surface area contributed by atoms with Crippen molar-refractivity contribution in [3.05, 3.63) is 54.1 Å². The zero-order chi connectivity index (χ0) is 28.4. The Morgan fingerprint density at radius 2 is 0.925 bits per heavy atom. The predicted octanol–water partition coefficient (Wildman–Crippen LogP) is 12.2. The predicted molar refractivity (Wildman–Crippen MR) is 176 cm³/mol. The van der Waals surface area contributed by atoms with E-state index in [1.54, 1.807) is 0 Å². The quantitative estimate of drug-likeness (QED) is 0.0801. The summed E-state index contributed by atoms with van der Waals surface area (Å²) < 4.78 is 2.48. The second-order valence-electron chi connectivity index (χ2n) is 12.7. The van der Waals surface area contributed by atoms with Gasteiger partial charge in [0.2, 0.25) is 0 Å². The molecule has 0 aliphatic rings. The fourth-order valence-corrected chi connectivity index (χ4v) is 6.35. The van der Waals surface area contributed by atoms with Crippen LogP contribution < -0.4 is 4.57 Å². The molecule has 0 fully saturated rings. The molecule has 0 aliphatic carbocycles. The highest BCUT2D eigenvalue weighted by molar-refractivity contribution is 5.13. The van der Waals surface area contributed by atoms with Crippen molar-refractivity contribution in [1.29, 1.82) is 0 Å². The lowest BCUT2D eigenvalue weighted by molar-refractivity contribution is -0.695. The number of H-pyrrole nitrogens is 1. The first-order chi connectivity index (χ1) is 19.8. The number of hydrogen-bond donors (Lipinski definition) is 1. The molecule has 1 aromatic heterocycles. The average Bonchev–Trinajstić information content (AvgIpc) is 3.43. The fraction of sp³-hybridized carbons (Fsp3) is 0.763. The molecule has 40 heavy (non-hydrogen) atoms. The maximum absolute atomic E-state index is 3.67. The molecule has 2 rings (SSSR count). The molecule has 1 N–H and O–H groups in total. The van der Waals surface area contributed by atoms with Crippen LogP contribution in [-0.4, -0.2) is 4.98 Å². The van der Waals surface area contributed by atoms with E-state index in [1.807, 2.05) is 0 Å². The minimum atomic E-state index is 0.667. The van der Waals surface area contributed by atoms with Crippen LogP contribution in [0.4, 0.5) is 0 Å². The maximum atomic E-state index is 3.67. The van der Waals surface area contributed by atoms with Gasteiger partial charge in [0.1, 0.15) is 18.9 Å². The van der Waals surface area contributed by atoms with Crippen LogP contribution in [0.2, 0.25) is 0 Å². The molecule has 0 radical (unpaired) electrons. The summed E-state index contributed by atoms with van der Waals surface area (Å²) in [7, 11) is 0. The van der Waals surface area contributed by atoms with Crippen LogP contribution in [0.25, 0.3) is 0 Å². The molecule has 0 saturated heterocycles. The third kappa shape index (κ3) is 17.3. The molecule has 2 heteroatoms. The van der Waals surface area contributed by atoms with Gasteiger partial charge in [-0.1, -0.05) is 192 Å². The minimum absolute atomic E-state index is 0.667. The Hall–Kier alpha value is -1.57. The summed E-state index contributed by atoms with van der Waals surface area (Å²) in [5.41, 5.74) is 1.40. The SMILES string of the molecule is CCCCCCCCCCCCCCC[C@H](CCCCCCCCCCCC)c1[nH]cc[n+]1Cc1ccccc1. The van der Waals surface area contributed by atoms with Gasteiger partial charge in [-0.3, -0.25) is 0 Å². The molecule has 1 aromatic carbocycles. The highest BCUT2D eigenvalue weighted by atomic mass is 15.1. The molecule has 1 heterocycles. The third-order valence-corrected chi connectivity index (χ3v) is 8.94. The van der Waals surface area contributed by atoms with Crippen LogP contribution in [0.1, 0.15) is 192 Å². The summed E-state index contributed by atoms with van der Waals surface area (Å²) in [4.78, 5) is 3.67. The Morgan fingerprint density at radius 1 is 0.525 bits per heavy atom. The third-order valence-electron chi connectivity index (χ3n) is 8.94. The van der Waals surface area contributed by atoms with Gasteiger partial charge in [0.25, 0.3) is 5.82 Å². The van der Waals surface area contributed by atoms with Crippen LogP contribution in [0.5, 0.6) is 0 Å². The Kier molecular flexibility index (Phi) is 21.8. The van der Waals surface area contributed by atoms with E-state index in [-0.39, 0.29) is 0 Å². The van der Waals surface area contributed by atoms with Crippen molar-refractivity contribution in [3.8, 4) is 0 Å². The first-order valence-corrected chi connectivity index (χ1v) is 18.0. The fourth-order valence-electron chi connectivity index (χ4n) is 6.35. The molecule has 2 nitrogen and oxygen atoms in total. The molecule has 1 atom stereocenters. The Labute approximate surface area is 250 Å². The van der Waals surface area contributed by atoms with Gasteiger partial charge in [0.05, 0.1) is 5.92 Å². The smallest absolute Gasteiger partial charge is 0.247 e. The van der Waals surface area contributed by atoms with Crippen LogP contribution in [-0.2, 0) is 6.54 Å². The molecule has 0 spiro atoms. The van der Waals surface area contributed by atoms with E-state index in [2.05, 4.69) is 66.1 Å². The number of aromatic nitrogens is 2. The van der Waals surface area contributed by atoms with Gasteiger partial charge in [-0.25, -0.2) is 9.55 Å². The lowest BCUT2D eigenvalue weighted by Gasteiger charge is -2.14. The number of nitrogens with zero attached hydrogens (tertiary/aromatic N) is 1. The first-order valence-electron chi connectivity index (χ1n) is 18.0. The monoisotopic (exact) mass is 552 g/mol. The molecule has 0 saturated carbocycles. The number of unbranched alkanes of at least 4 members (excludes halogenated alkanes) is 21. The van der Waals surface area contributed by atoms with Crippen molar-refractivity contribution in [1.82, 2.24) is 4.98 Å². The van der Waals surface area contributed by atoms with Crippen LogP contribution in [0, 0.1) is 0 Å².